The monoisotopic (exact) mass is 484 g/mol. The highest BCUT2D eigenvalue weighted by Gasteiger charge is 2.34. The third kappa shape index (κ3) is 4.70. The van der Waals surface area contributed by atoms with Gasteiger partial charge in [-0.2, -0.15) is 0 Å². The molecule has 32 heavy (non-hydrogen) atoms. The second kappa shape index (κ2) is 9.02. The molecule has 6 nitrogen and oxygen atoms in total. The van der Waals surface area contributed by atoms with E-state index in [0.717, 1.165) is 34.7 Å². The fourth-order valence-corrected chi connectivity index (χ4v) is 4.65. The minimum atomic E-state index is -0.00486. The predicted molar refractivity (Wildman–Crippen MR) is 125 cm³/mol. The van der Waals surface area contributed by atoms with E-state index < -0.39 is 0 Å². The van der Waals surface area contributed by atoms with E-state index in [-0.39, 0.29) is 24.9 Å². The Morgan fingerprint density at radius 1 is 1.09 bits per heavy atom. The zero-order chi connectivity index (χ0) is 22.1. The van der Waals surface area contributed by atoms with Crippen LogP contribution in [0.2, 0.25) is 10.0 Å². The maximum atomic E-state index is 13.1. The maximum absolute atomic E-state index is 13.1. The van der Waals surface area contributed by atoms with Crippen molar-refractivity contribution in [2.75, 3.05) is 0 Å². The van der Waals surface area contributed by atoms with Gasteiger partial charge in [-0.25, -0.2) is 4.98 Å². The summed E-state index contributed by atoms with van der Waals surface area (Å²) in [5.74, 6) is 0.809. The van der Waals surface area contributed by atoms with E-state index >= 15 is 0 Å². The number of carbonyl (C=O) groups excluding carboxylic acids is 1. The highest BCUT2D eigenvalue weighted by atomic mass is 35.5. The van der Waals surface area contributed by atoms with Crippen molar-refractivity contribution in [3.05, 3.63) is 75.5 Å². The van der Waals surface area contributed by atoms with Gasteiger partial charge in [0.25, 0.3) is 0 Å². The summed E-state index contributed by atoms with van der Waals surface area (Å²) < 4.78 is 5.81. The summed E-state index contributed by atoms with van der Waals surface area (Å²) in [5, 5.41) is 12.3. The molecular formula is C23H18Cl2N4O2S. The average molecular weight is 485 g/mol. The number of amides is 1. The first kappa shape index (κ1) is 21.1. The molecule has 0 atom stereocenters. The van der Waals surface area contributed by atoms with Crippen molar-refractivity contribution in [1.29, 1.82) is 0 Å². The molecule has 0 unspecified atom stereocenters. The Kier molecular flexibility index (Phi) is 5.95. The fraction of sp³-hybridized carbons (Fsp3) is 0.217. The minimum absolute atomic E-state index is 0.00486. The quantitative estimate of drug-likeness (QED) is 0.326. The summed E-state index contributed by atoms with van der Waals surface area (Å²) in [6.07, 6.45) is 2.17. The Labute approximate surface area is 198 Å². The molecule has 2 aromatic heterocycles. The number of carbonyl (C=O) groups is 1. The molecule has 2 aromatic carbocycles. The van der Waals surface area contributed by atoms with Gasteiger partial charge in [-0.05, 0) is 43.2 Å². The van der Waals surface area contributed by atoms with E-state index in [0.29, 0.717) is 21.8 Å². The zero-order valence-corrected chi connectivity index (χ0v) is 19.2. The Bertz CT molecular complexity index is 1250. The largest absolute Gasteiger partial charge is 0.419 e. The van der Waals surface area contributed by atoms with Crippen LogP contribution >= 0.6 is 34.5 Å². The third-order valence-corrected chi connectivity index (χ3v) is 6.67. The van der Waals surface area contributed by atoms with Crippen LogP contribution in [0.4, 0.5) is 0 Å². The third-order valence-electron chi connectivity index (χ3n) is 5.16. The van der Waals surface area contributed by atoms with Gasteiger partial charge in [-0.15, -0.1) is 21.5 Å². The molecule has 0 N–H and O–H groups in total. The first-order chi connectivity index (χ1) is 15.6. The lowest BCUT2D eigenvalue weighted by atomic mass is 10.2. The van der Waals surface area contributed by atoms with E-state index in [1.54, 1.807) is 12.1 Å². The van der Waals surface area contributed by atoms with Gasteiger partial charge in [-0.3, -0.25) is 4.79 Å². The number of hydrogen-bond donors (Lipinski definition) is 0. The molecule has 1 amide bonds. The minimum Gasteiger partial charge on any atom is -0.419 e. The molecule has 2 heterocycles. The van der Waals surface area contributed by atoms with E-state index in [2.05, 4.69) is 15.2 Å². The molecule has 5 rings (SSSR count). The first-order valence-electron chi connectivity index (χ1n) is 10.1. The number of nitrogens with zero attached hydrogens (tertiary/aromatic N) is 4. The number of aromatic nitrogens is 3. The predicted octanol–water partition coefficient (Wildman–Crippen LogP) is 5.90. The molecule has 1 aliphatic rings. The molecule has 0 spiro atoms. The molecule has 1 fully saturated rings. The normalized spacial score (nSPS) is 13.3. The van der Waals surface area contributed by atoms with Gasteiger partial charge in [0.15, 0.2) is 0 Å². The highest BCUT2D eigenvalue weighted by molar-refractivity contribution is 7.13. The maximum Gasteiger partial charge on any atom is 0.247 e. The van der Waals surface area contributed by atoms with Gasteiger partial charge in [0.1, 0.15) is 5.01 Å². The van der Waals surface area contributed by atoms with Crippen LogP contribution < -0.4 is 0 Å². The average Bonchev–Trinajstić information content (AvgIpc) is 3.34. The van der Waals surface area contributed by atoms with Crippen LogP contribution in [0.1, 0.15) is 24.4 Å². The molecule has 9 heteroatoms. The zero-order valence-electron chi connectivity index (χ0n) is 16.9. The lowest BCUT2D eigenvalue weighted by Crippen LogP contribution is -2.34. The smallest absolute Gasteiger partial charge is 0.247 e. The van der Waals surface area contributed by atoms with Gasteiger partial charge in [0.05, 0.1) is 23.7 Å². The fourth-order valence-electron chi connectivity index (χ4n) is 3.38. The van der Waals surface area contributed by atoms with Crippen molar-refractivity contribution >= 4 is 40.4 Å². The summed E-state index contributed by atoms with van der Waals surface area (Å²) in [6.45, 7) is 0.283. The highest BCUT2D eigenvalue weighted by Crippen LogP contribution is 2.32. The number of hydrogen-bond acceptors (Lipinski definition) is 6. The number of thiazole rings is 1. The van der Waals surface area contributed by atoms with E-state index in [1.807, 2.05) is 46.7 Å². The van der Waals surface area contributed by atoms with Crippen molar-refractivity contribution in [2.45, 2.75) is 31.8 Å². The van der Waals surface area contributed by atoms with Crippen molar-refractivity contribution < 1.29 is 9.21 Å². The number of benzene rings is 2. The van der Waals surface area contributed by atoms with Crippen LogP contribution in [0.15, 0.2) is 58.3 Å². The molecule has 0 saturated heterocycles. The van der Waals surface area contributed by atoms with Crippen LogP contribution in [0.25, 0.3) is 22.0 Å². The molecule has 1 saturated carbocycles. The molecule has 0 radical (unpaired) electrons. The van der Waals surface area contributed by atoms with Crippen LogP contribution in [0.5, 0.6) is 0 Å². The Balaban J connectivity index is 1.28. The SMILES string of the molecule is O=C(Cc1csc(-c2ccccc2Cl)n1)N(Cc1nnc(-c2ccc(Cl)cc2)o1)C1CC1. The molecule has 162 valence electrons. The Morgan fingerprint density at radius 3 is 2.62 bits per heavy atom. The van der Waals surface area contributed by atoms with Gasteiger partial charge < -0.3 is 9.32 Å². The van der Waals surface area contributed by atoms with Crippen LogP contribution in [0.3, 0.4) is 0 Å². The second-order valence-electron chi connectivity index (χ2n) is 7.56. The molecule has 0 aliphatic heterocycles. The van der Waals surface area contributed by atoms with Crippen molar-refractivity contribution in [2.24, 2.45) is 0 Å². The van der Waals surface area contributed by atoms with Crippen LogP contribution in [-0.2, 0) is 17.8 Å². The molecule has 1 aliphatic carbocycles. The van der Waals surface area contributed by atoms with Gasteiger partial charge in [0.2, 0.25) is 17.7 Å². The van der Waals surface area contributed by atoms with Crippen LogP contribution in [-0.4, -0.2) is 32.0 Å². The summed E-state index contributed by atoms with van der Waals surface area (Å²) in [4.78, 5) is 19.5. The lowest BCUT2D eigenvalue weighted by Gasteiger charge is -2.20. The van der Waals surface area contributed by atoms with Crippen molar-refractivity contribution in [3.63, 3.8) is 0 Å². The first-order valence-corrected chi connectivity index (χ1v) is 11.8. The molecule has 0 bridgehead atoms. The Morgan fingerprint density at radius 2 is 1.88 bits per heavy atom. The van der Waals surface area contributed by atoms with E-state index in [4.69, 9.17) is 27.6 Å². The standard InChI is InChI=1S/C23H18Cl2N4O2S/c24-15-7-5-14(6-8-15)22-28-27-20(31-22)12-29(17-9-10-17)21(30)11-16-13-32-23(26-16)18-3-1-2-4-19(18)25/h1-8,13,17H,9-12H2. The van der Waals surface area contributed by atoms with Crippen molar-refractivity contribution in [3.8, 4) is 22.0 Å². The summed E-state index contributed by atoms with van der Waals surface area (Å²) >= 11 is 13.7. The number of halogens is 2. The lowest BCUT2D eigenvalue weighted by molar-refractivity contribution is -0.132. The van der Waals surface area contributed by atoms with Crippen LogP contribution in [0, 0.1) is 0 Å². The topological polar surface area (TPSA) is 72.1 Å². The summed E-state index contributed by atoms with van der Waals surface area (Å²) in [5.41, 5.74) is 2.39. The van der Waals surface area contributed by atoms with Gasteiger partial charge in [0, 0.05) is 27.6 Å². The van der Waals surface area contributed by atoms with Gasteiger partial charge >= 0.3 is 0 Å². The Hall–Kier alpha value is -2.74. The van der Waals surface area contributed by atoms with Crippen molar-refractivity contribution in [1.82, 2.24) is 20.1 Å². The van der Waals surface area contributed by atoms with E-state index in [1.165, 1.54) is 11.3 Å². The van der Waals surface area contributed by atoms with Gasteiger partial charge in [-0.1, -0.05) is 41.4 Å². The summed E-state index contributed by atoms with van der Waals surface area (Å²) in [6, 6.07) is 15.0. The summed E-state index contributed by atoms with van der Waals surface area (Å²) in [7, 11) is 0. The molecule has 4 aromatic rings. The second-order valence-corrected chi connectivity index (χ2v) is 9.26. The number of rotatable bonds is 7. The molecular weight excluding hydrogens is 467 g/mol. The van der Waals surface area contributed by atoms with E-state index in [9.17, 15) is 4.79 Å².